The highest BCUT2D eigenvalue weighted by molar-refractivity contribution is 6.67. The SMILES string of the molecule is C=C(C)C(=O)OC(CC)[Si](C)(OC)OC. The van der Waals surface area contributed by atoms with Crippen molar-refractivity contribution in [1.29, 1.82) is 0 Å². The molecule has 0 saturated carbocycles. The lowest BCUT2D eigenvalue weighted by atomic mass is 10.4. The molecule has 88 valence electrons. The van der Waals surface area contributed by atoms with Crippen molar-refractivity contribution in [1.82, 2.24) is 0 Å². The predicted octanol–water partition coefficient (Wildman–Crippen LogP) is 1.79. The van der Waals surface area contributed by atoms with E-state index in [2.05, 4.69) is 6.58 Å². The van der Waals surface area contributed by atoms with Crippen LogP contribution in [0.2, 0.25) is 6.55 Å². The molecule has 0 bridgehead atoms. The van der Waals surface area contributed by atoms with Gasteiger partial charge in [-0.05, 0) is 19.9 Å². The van der Waals surface area contributed by atoms with Crippen LogP contribution in [0.15, 0.2) is 12.2 Å². The number of carbonyl (C=O) groups excluding carboxylic acids is 1. The Morgan fingerprint density at radius 1 is 1.40 bits per heavy atom. The summed E-state index contributed by atoms with van der Waals surface area (Å²) < 4.78 is 15.9. The number of hydrogen-bond acceptors (Lipinski definition) is 4. The molecule has 1 unspecified atom stereocenters. The zero-order valence-corrected chi connectivity index (χ0v) is 11.1. The van der Waals surface area contributed by atoms with Crippen LogP contribution in [0.25, 0.3) is 0 Å². The van der Waals surface area contributed by atoms with Crippen molar-refractivity contribution in [2.24, 2.45) is 0 Å². The molecule has 0 N–H and O–H groups in total. The van der Waals surface area contributed by atoms with Crippen LogP contribution in [0.3, 0.4) is 0 Å². The monoisotopic (exact) mass is 232 g/mol. The van der Waals surface area contributed by atoms with Gasteiger partial charge in [-0.1, -0.05) is 13.5 Å². The normalized spacial score (nSPS) is 13.4. The number of hydrogen-bond donors (Lipinski definition) is 0. The maximum Gasteiger partial charge on any atom is 0.376 e. The summed E-state index contributed by atoms with van der Waals surface area (Å²) in [6.45, 7) is 8.95. The molecule has 4 nitrogen and oxygen atoms in total. The molecule has 15 heavy (non-hydrogen) atoms. The fraction of sp³-hybridized carbons (Fsp3) is 0.700. The van der Waals surface area contributed by atoms with Gasteiger partial charge in [0.15, 0.2) is 0 Å². The molecule has 0 heterocycles. The minimum Gasteiger partial charge on any atom is -0.457 e. The molecule has 0 saturated heterocycles. The minimum absolute atomic E-state index is 0.309. The topological polar surface area (TPSA) is 44.8 Å². The molecule has 0 rings (SSSR count). The summed E-state index contributed by atoms with van der Waals surface area (Å²) in [5.41, 5.74) is 0.0775. The number of ether oxygens (including phenoxy) is 1. The average molecular weight is 232 g/mol. The second-order valence-corrected chi connectivity index (χ2v) is 7.00. The molecule has 0 fully saturated rings. The first-order chi connectivity index (χ1) is 6.91. The van der Waals surface area contributed by atoms with E-state index in [1.807, 2.05) is 13.5 Å². The summed E-state index contributed by atoms with van der Waals surface area (Å²) in [4.78, 5) is 11.4. The highest BCUT2D eigenvalue weighted by atomic mass is 28.4. The minimum atomic E-state index is -2.42. The average Bonchev–Trinajstić information content (AvgIpc) is 2.24. The van der Waals surface area contributed by atoms with Crippen LogP contribution in [0.1, 0.15) is 20.3 Å². The number of carbonyl (C=O) groups is 1. The molecule has 0 spiro atoms. The molecule has 0 aliphatic rings. The van der Waals surface area contributed by atoms with Gasteiger partial charge < -0.3 is 13.6 Å². The second kappa shape index (κ2) is 6.04. The smallest absolute Gasteiger partial charge is 0.376 e. The molecule has 0 aromatic heterocycles. The van der Waals surface area contributed by atoms with Gasteiger partial charge in [0.1, 0.15) is 5.73 Å². The lowest BCUT2D eigenvalue weighted by Crippen LogP contribution is -2.51. The van der Waals surface area contributed by atoms with Crippen LogP contribution < -0.4 is 0 Å². The van der Waals surface area contributed by atoms with Gasteiger partial charge in [0.25, 0.3) is 0 Å². The Morgan fingerprint density at radius 2 is 1.87 bits per heavy atom. The van der Waals surface area contributed by atoms with E-state index in [-0.39, 0.29) is 5.73 Å². The largest absolute Gasteiger partial charge is 0.457 e. The van der Waals surface area contributed by atoms with Crippen molar-refractivity contribution in [2.45, 2.75) is 32.5 Å². The Balaban J connectivity index is 4.61. The third-order valence-electron chi connectivity index (χ3n) is 2.36. The maximum absolute atomic E-state index is 11.4. The summed E-state index contributed by atoms with van der Waals surface area (Å²) in [5.74, 6) is -0.394. The molecule has 0 aliphatic heterocycles. The van der Waals surface area contributed by atoms with Crippen molar-refractivity contribution >= 4 is 14.5 Å². The predicted molar refractivity (Wildman–Crippen MR) is 60.6 cm³/mol. The van der Waals surface area contributed by atoms with Gasteiger partial charge in [0.05, 0.1) is 0 Å². The first-order valence-corrected chi connectivity index (χ1v) is 7.27. The summed E-state index contributed by atoms with van der Waals surface area (Å²) >= 11 is 0. The Bertz CT molecular complexity index is 236. The van der Waals surface area contributed by atoms with E-state index < -0.39 is 14.5 Å². The van der Waals surface area contributed by atoms with Gasteiger partial charge in [-0.25, -0.2) is 4.79 Å². The Hall–Kier alpha value is -0.653. The first kappa shape index (κ1) is 14.3. The van der Waals surface area contributed by atoms with Gasteiger partial charge in [-0.3, -0.25) is 0 Å². The van der Waals surface area contributed by atoms with Crippen molar-refractivity contribution in [3.8, 4) is 0 Å². The first-order valence-electron chi connectivity index (χ1n) is 4.88. The Morgan fingerprint density at radius 3 is 2.13 bits per heavy atom. The van der Waals surface area contributed by atoms with Crippen LogP contribution >= 0.6 is 0 Å². The number of esters is 1. The van der Waals surface area contributed by atoms with E-state index in [1.54, 1.807) is 21.1 Å². The van der Waals surface area contributed by atoms with Crippen molar-refractivity contribution in [3.05, 3.63) is 12.2 Å². The van der Waals surface area contributed by atoms with Crippen molar-refractivity contribution in [2.75, 3.05) is 14.2 Å². The second-order valence-electron chi connectivity index (χ2n) is 3.51. The quantitative estimate of drug-likeness (QED) is 0.398. The Labute approximate surface area is 92.5 Å². The summed E-state index contributed by atoms with van der Waals surface area (Å²) in [6, 6.07) is 0. The van der Waals surface area contributed by atoms with Crippen LogP contribution in [-0.4, -0.2) is 34.5 Å². The molecule has 0 radical (unpaired) electrons. The van der Waals surface area contributed by atoms with Crippen LogP contribution in [0, 0.1) is 0 Å². The zero-order valence-electron chi connectivity index (χ0n) is 10.1. The zero-order chi connectivity index (χ0) is 12.1. The van der Waals surface area contributed by atoms with Crippen LogP contribution in [0.5, 0.6) is 0 Å². The highest BCUT2D eigenvalue weighted by Crippen LogP contribution is 2.18. The third kappa shape index (κ3) is 3.77. The third-order valence-corrected chi connectivity index (χ3v) is 5.68. The molecule has 0 aromatic rings. The van der Waals surface area contributed by atoms with Gasteiger partial charge >= 0.3 is 14.5 Å². The fourth-order valence-corrected chi connectivity index (χ4v) is 2.89. The highest BCUT2D eigenvalue weighted by Gasteiger charge is 2.41. The lowest BCUT2D eigenvalue weighted by Gasteiger charge is -2.30. The number of rotatable bonds is 6. The Kier molecular flexibility index (Phi) is 5.78. The molecular formula is C10H20O4Si. The van der Waals surface area contributed by atoms with Crippen molar-refractivity contribution < 1.29 is 18.4 Å². The summed E-state index contributed by atoms with van der Waals surface area (Å²) in [5, 5.41) is 0. The van der Waals surface area contributed by atoms with Gasteiger partial charge in [-0.15, -0.1) is 0 Å². The van der Waals surface area contributed by atoms with E-state index in [1.165, 1.54) is 0 Å². The summed E-state index contributed by atoms with van der Waals surface area (Å²) in [7, 11) is 0.733. The molecule has 0 amide bonds. The van der Waals surface area contributed by atoms with Gasteiger partial charge in [0.2, 0.25) is 0 Å². The molecule has 0 aromatic carbocycles. The lowest BCUT2D eigenvalue weighted by molar-refractivity contribution is -0.142. The van der Waals surface area contributed by atoms with Gasteiger partial charge in [-0.2, -0.15) is 0 Å². The molecule has 0 aliphatic carbocycles. The fourth-order valence-electron chi connectivity index (χ4n) is 1.14. The van der Waals surface area contributed by atoms with E-state index in [0.29, 0.717) is 12.0 Å². The van der Waals surface area contributed by atoms with E-state index in [0.717, 1.165) is 0 Å². The summed E-state index contributed by atoms with van der Waals surface area (Å²) in [6.07, 6.45) is 0.670. The van der Waals surface area contributed by atoms with Crippen molar-refractivity contribution in [3.63, 3.8) is 0 Å². The van der Waals surface area contributed by atoms with E-state index in [4.69, 9.17) is 13.6 Å². The molecular weight excluding hydrogens is 212 g/mol. The van der Waals surface area contributed by atoms with Crippen LogP contribution in [0.4, 0.5) is 0 Å². The van der Waals surface area contributed by atoms with Gasteiger partial charge in [0, 0.05) is 19.8 Å². The molecule has 1 atom stereocenters. The van der Waals surface area contributed by atoms with Crippen LogP contribution in [-0.2, 0) is 18.4 Å². The molecule has 5 heteroatoms. The maximum atomic E-state index is 11.4. The van der Waals surface area contributed by atoms with E-state index >= 15 is 0 Å². The van der Waals surface area contributed by atoms with E-state index in [9.17, 15) is 4.79 Å². The standard InChI is InChI=1S/C10H20O4Si/c1-7-9(14-10(11)8(2)3)15(6,12-4)13-5/h9H,2,7H2,1,3-6H3.